The largest absolute Gasteiger partial charge is 0.395 e. The normalized spacial score (nSPS) is 14.2. The topological polar surface area (TPSA) is 133 Å². The van der Waals surface area contributed by atoms with Crippen LogP contribution in [0, 0.1) is 0 Å². The molecule has 0 spiro atoms. The van der Waals surface area contributed by atoms with Gasteiger partial charge in [-0.15, -0.1) is 0 Å². The monoisotopic (exact) mass is 595 g/mol. The Hall–Kier alpha value is -3.08. The van der Waals surface area contributed by atoms with E-state index in [1.54, 1.807) is 26.0 Å². The Morgan fingerprint density at radius 2 is 1.43 bits per heavy atom. The van der Waals surface area contributed by atoms with Crippen LogP contribution in [0.1, 0.15) is 69.1 Å². The van der Waals surface area contributed by atoms with Gasteiger partial charge in [0, 0.05) is 24.0 Å². The van der Waals surface area contributed by atoms with Crippen LogP contribution in [-0.2, 0) is 21.4 Å². The van der Waals surface area contributed by atoms with E-state index in [1.165, 1.54) is 16.4 Å². The third-order valence-electron chi connectivity index (χ3n) is 7.67. The molecule has 0 unspecified atom stereocenters. The number of carbonyl (C=O) groups is 1. The number of sulfonamides is 1. The van der Waals surface area contributed by atoms with Crippen LogP contribution in [0.5, 0.6) is 0 Å². The van der Waals surface area contributed by atoms with Crippen molar-refractivity contribution in [2.75, 3.05) is 6.61 Å². The summed E-state index contributed by atoms with van der Waals surface area (Å²) in [4.78, 5) is 13.5. The number of hydrogen-bond acceptors (Lipinski definition) is 6. The molecule has 9 heteroatoms. The van der Waals surface area contributed by atoms with Gasteiger partial charge in [0.25, 0.3) is 0 Å². The van der Waals surface area contributed by atoms with Crippen molar-refractivity contribution in [1.82, 2.24) is 9.62 Å². The first kappa shape index (κ1) is 33.4. The fourth-order valence-electron chi connectivity index (χ4n) is 5.44. The molecule has 0 aliphatic rings. The fraction of sp³-hybridized carbons (Fsp3) is 0.424. The number of carbonyl (C=O) groups excluding carboxylic acids is 1. The summed E-state index contributed by atoms with van der Waals surface area (Å²) < 4.78 is 28.4. The number of aliphatic hydroxyl groups excluding tert-OH is 2. The molecule has 0 saturated heterocycles. The summed E-state index contributed by atoms with van der Waals surface area (Å²) >= 11 is 0. The maximum Gasteiger partial charge on any atom is 0.243 e. The number of hydrogen-bond donors (Lipinski definition) is 4. The average Bonchev–Trinajstić information content (AvgIpc) is 3.00. The Labute approximate surface area is 250 Å². The zero-order valence-corrected chi connectivity index (χ0v) is 25.6. The van der Waals surface area contributed by atoms with E-state index >= 15 is 0 Å². The highest BCUT2D eigenvalue weighted by molar-refractivity contribution is 7.89. The summed E-state index contributed by atoms with van der Waals surface area (Å²) in [6.07, 6.45) is 2.33. The van der Waals surface area contributed by atoms with Crippen molar-refractivity contribution in [2.45, 2.75) is 88.0 Å². The van der Waals surface area contributed by atoms with Gasteiger partial charge >= 0.3 is 0 Å². The second-order valence-corrected chi connectivity index (χ2v) is 12.8. The van der Waals surface area contributed by atoms with E-state index in [-0.39, 0.29) is 42.0 Å². The zero-order chi connectivity index (χ0) is 30.7. The van der Waals surface area contributed by atoms with Crippen LogP contribution < -0.4 is 11.1 Å². The smallest absolute Gasteiger partial charge is 0.243 e. The highest BCUT2D eigenvalue weighted by atomic mass is 32.2. The third-order valence-corrected chi connectivity index (χ3v) is 9.81. The quantitative estimate of drug-likeness (QED) is 0.197. The number of nitrogens with one attached hydrogen (secondary N) is 1. The standard InChI is InChI=1S/C33H45N3O5S/c1-4-28(35-33(39)32(34)31(26-12-7-5-8-13-26)27-14-9-6-10-15-27)16-11-17-29(23-38)36(24(2)3)42(40,41)30-20-18-25(22-37)19-21-30/h5-10,12-15,18-21,24,28-29,31-32,37-38H,4,11,16-17,22-23,34H2,1-3H3,(H,35,39)/t28-,29-,32-/m0/s1. The summed E-state index contributed by atoms with van der Waals surface area (Å²) in [6, 6.07) is 23.7. The van der Waals surface area contributed by atoms with Crippen molar-refractivity contribution in [3.63, 3.8) is 0 Å². The van der Waals surface area contributed by atoms with Gasteiger partial charge in [0.15, 0.2) is 0 Å². The van der Waals surface area contributed by atoms with Gasteiger partial charge in [-0.05, 0) is 68.4 Å². The minimum absolute atomic E-state index is 0.117. The lowest BCUT2D eigenvalue weighted by molar-refractivity contribution is -0.123. The molecule has 0 saturated carbocycles. The fourth-order valence-corrected chi connectivity index (χ4v) is 7.28. The van der Waals surface area contributed by atoms with E-state index in [4.69, 9.17) is 5.73 Å². The van der Waals surface area contributed by atoms with Gasteiger partial charge in [-0.2, -0.15) is 4.31 Å². The molecule has 0 aromatic heterocycles. The average molecular weight is 596 g/mol. The van der Waals surface area contributed by atoms with Crippen LogP contribution in [-0.4, -0.2) is 59.6 Å². The van der Waals surface area contributed by atoms with Crippen molar-refractivity contribution in [1.29, 1.82) is 0 Å². The Balaban J connectivity index is 1.68. The van der Waals surface area contributed by atoms with E-state index in [0.717, 1.165) is 11.1 Å². The Bertz CT molecular complexity index is 1300. The molecule has 0 aliphatic carbocycles. The predicted molar refractivity (Wildman–Crippen MR) is 166 cm³/mol. The summed E-state index contributed by atoms with van der Waals surface area (Å²) in [5.41, 5.74) is 9.14. The number of nitrogens with zero attached hydrogens (tertiary/aromatic N) is 1. The second kappa shape index (κ2) is 16.0. The Kier molecular flexibility index (Phi) is 12.7. The molecule has 0 fully saturated rings. The molecular weight excluding hydrogens is 550 g/mol. The van der Waals surface area contributed by atoms with Gasteiger partial charge < -0.3 is 21.3 Å². The van der Waals surface area contributed by atoms with Gasteiger partial charge in [-0.1, -0.05) is 79.7 Å². The molecule has 5 N–H and O–H groups in total. The number of amides is 1. The number of benzene rings is 3. The van der Waals surface area contributed by atoms with Crippen molar-refractivity contribution in [3.05, 3.63) is 102 Å². The van der Waals surface area contributed by atoms with Gasteiger partial charge in [0.2, 0.25) is 15.9 Å². The number of rotatable bonds is 16. The second-order valence-electron chi connectivity index (χ2n) is 10.9. The lowest BCUT2D eigenvalue weighted by atomic mass is 9.85. The number of aliphatic hydroxyl groups is 2. The predicted octanol–water partition coefficient (Wildman–Crippen LogP) is 4.16. The lowest BCUT2D eigenvalue weighted by Crippen LogP contribution is -2.48. The molecule has 8 nitrogen and oxygen atoms in total. The third kappa shape index (κ3) is 8.49. The molecular formula is C33H45N3O5S. The Morgan fingerprint density at radius 1 is 0.881 bits per heavy atom. The summed E-state index contributed by atoms with van der Waals surface area (Å²) in [6.45, 7) is 5.07. The van der Waals surface area contributed by atoms with Gasteiger partial charge in [-0.25, -0.2) is 8.42 Å². The lowest BCUT2D eigenvalue weighted by Gasteiger charge is -2.33. The molecule has 0 aliphatic heterocycles. The molecule has 1 amide bonds. The first-order valence-corrected chi connectivity index (χ1v) is 16.1. The van der Waals surface area contributed by atoms with Crippen LogP contribution in [0.25, 0.3) is 0 Å². The highest BCUT2D eigenvalue weighted by Gasteiger charge is 2.34. The van der Waals surface area contributed by atoms with E-state index < -0.39 is 22.1 Å². The molecule has 0 radical (unpaired) electrons. The zero-order valence-electron chi connectivity index (χ0n) is 24.8. The maximum atomic E-state index is 13.5. The van der Waals surface area contributed by atoms with E-state index in [1.807, 2.05) is 67.6 Å². The van der Waals surface area contributed by atoms with E-state index in [0.29, 0.717) is 31.2 Å². The molecule has 0 heterocycles. The van der Waals surface area contributed by atoms with E-state index in [2.05, 4.69) is 5.32 Å². The molecule has 3 atom stereocenters. The van der Waals surface area contributed by atoms with Crippen LogP contribution in [0.3, 0.4) is 0 Å². The minimum Gasteiger partial charge on any atom is -0.395 e. The SMILES string of the molecule is CC[C@@H](CCC[C@@H](CO)N(C(C)C)S(=O)(=O)c1ccc(CO)cc1)NC(=O)[C@@H](N)C(c1ccccc1)c1ccccc1. The highest BCUT2D eigenvalue weighted by Crippen LogP contribution is 2.28. The van der Waals surface area contributed by atoms with Crippen molar-refractivity contribution in [2.24, 2.45) is 5.73 Å². The van der Waals surface area contributed by atoms with Crippen LogP contribution in [0.4, 0.5) is 0 Å². The summed E-state index contributed by atoms with van der Waals surface area (Å²) in [5, 5.41) is 22.7. The molecule has 0 bridgehead atoms. The maximum absolute atomic E-state index is 13.5. The van der Waals surface area contributed by atoms with E-state index in [9.17, 15) is 23.4 Å². The Morgan fingerprint density at radius 3 is 1.88 bits per heavy atom. The first-order valence-electron chi connectivity index (χ1n) is 14.6. The summed E-state index contributed by atoms with van der Waals surface area (Å²) in [5.74, 6) is -0.545. The molecule has 228 valence electrons. The molecule has 3 rings (SSSR count). The van der Waals surface area contributed by atoms with Gasteiger partial charge in [0.05, 0.1) is 24.2 Å². The first-order chi connectivity index (χ1) is 20.1. The molecule has 3 aromatic rings. The van der Waals surface area contributed by atoms with Crippen LogP contribution in [0.15, 0.2) is 89.8 Å². The molecule has 42 heavy (non-hydrogen) atoms. The minimum atomic E-state index is -3.88. The van der Waals surface area contributed by atoms with Crippen molar-refractivity contribution >= 4 is 15.9 Å². The van der Waals surface area contributed by atoms with Crippen molar-refractivity contribution in [3.8, 4) is 0 Å². The van der Waals surface area contributed by atoms with Crippen LogP contribution >= 0.6 is 0 Å². The molecule has 3 aromatic carbocycles. The summed E-state index contributed by atoms with van der Waals surface area (Å²) in [7, 11) is -3.88. The van der Waals surface area contributed by atoms with Crippen molar-refractivity contribution < 1.29 is 23.4 Å². The van der Waals surface area contributed by atoms with Gasteiger partial charge in [0.1, 0.15) is 0 Å². The van der Waals surface area contributed by atoms with Gasteiger partial charge in [-0.3, -0.25) is 4.79 Å². The van der Waals surface area contributed by atoms with Crippen LogP contribution in [0.2, 0.25) is 0 Å². The number of nitrogens with two attached hydrogens (primary N) is 1.